The molecule has 0 saturated carbocycles. The molecular weight excluding hydrogens is 450 g/mol. The second-order valence-electron chi connectivity index (χ2n) is 6.86. The van der Waals surface area contributed by atoms with Crippen LogP contribution in [0.3, 0.4) is 0 Å². The molecule has 168 valence electrons. The number of carbonyl (C=O) groups excluding carboxylic acids is 3. The van der Waals surface area contributed by atoms with Crippen molar-refractivity contribution in [2.45, 2.75) is 0 Å². The van der Waals surface area contributed by atoms with Crippen molar-refractivity contribution in [2.24, 2.45) is 0 Å². The molecule has 0 fully saturated rings. The van der Waals surface area contributed by atoms with Gasteiger partial charge in [-0.1, -0.05) is 17.7 Å². The maximum atomic E-state index is 12.7. The molecule has 0 aromatic heterocycles. The second kappa shape index (κ2) is 9.49. The van der Waals surface area contributed by atoms with E-state index in [1.54, 1.807) is 36.4 Å². The maximum Gasteiger partial charge on any atom is 0.269 e. The molecule has 4 rings (SSSR count). The largest absolute Gasteiger partial charge is 0.496 e. The molecule has 0 bridgehead atoms. The number of nitrogens with one attached hydrogen (secondary N) is 3. The van der Waals surface area contributed by atoms with Crippen LogP contribution in [0.2, 0.25) is 5.02 Å². The lowest BCUT2D eigenvalue weighted by atomic mass is 10.1. The zero-order valence-corrected chi connectivity index (χ0v) is 18.1. The van der Waals surface area contributed by atoms with E-state index in [4.69, 9.17) is 25.8 Å². The lowest BCUT2D eigenvalue weighted by Crippen LogP contribution is -2.41. The predicted molar refractivity (Wildman–Crippen MR) is 120 cm³/mol. The van der Waals surface area contributed by atoms with E-state index >= 15 is 0 Å². The standard InChI is InChI=1S/C23H18ClN3O6/c1-31-18-8-6-15(24)11-17(18)23(30)25-16-4-2-3-13(9-16)21(28)26-27-22(29)14-5-7-19-20(10-14)33-12-32-19/h2-11H,12H2,1H3,(H,25,30)(H,26,28)(H,27,29). The molecule has 0 aliphatic carbocycles. The average Bonchev–Trinajstić information content (AvgIpc) is 3.30. The van der Waals surface area contributed by atoms with Crippen LogP contribution in [0.1, 0.15) is 31.1 Å². The van der Waals surface area contributed by atoms with Gasteiger partial charge in [-0.05, 0) is 54.6 Å². The van der Waals surface area contributed by atoms with Crippen LogP contribution in [0.15, 0.2) is 60.7 Å². The molecule has 1 aliphatic heterocycles. The first-order valence-electron chi connectivity index (χ1n) is 9.70. The third-order valence-corrected chi connectivity index (χ3v) is 4.95. The topological polar surface area (TPSA) is 115 Å². The molecule has 0 spiro atoms. The summed E-state index contributed by atoms with van der Waals surface area (Å²) >= 11 is 5.98. The van der Waals surface area contributed by atoms with E-state index in [0.717, 1.165) is 0 Å². The molecule has 3 amide bonds. The predicted octanol–water partition coefficient (Wildman–Crippen LogP) is 3.40. The van der Waals surface area contributed by atoms with E-state index in [1.807, 2.05) is 0 Å². The van der Waals surface area contributed by atoms with Crippen LogP contribution in [-0.2, 0) is 0 Å². The highest BCUT2D eigenvalue weighted by Gasteiger charge is 2.17. The van der Waals surface area contributed by atoms with Gasteiger partial charge in [0.05, 0.1) is 12.7 Å². The van der Waals surface area contributed by atoms with Gasteiger partial charge in [-0.3, -0.25) is 25.2 Å². The molecule has 0 radical (unpaired) electrons. The van der Waals surface area contributed by atoms with Crippen molar-refractivity contribution >= 4 is 35.0 Å². The summed E-state index contributed by atoms with van der Waals surface area (Å²) in [7, 11) is 1.45. The van der Waals surface area contributed by atoms with Gasteiger partial charge in [-0.15, -0.1) is 0 Å². The number of hydrazine groups is 1. The third-order valence-electron chi connectivity index (χ3n) is 4.71. The Hall–Kier alpha value is -4.24. The minimum atomic E-state index is -0.569. The van der Waals surface area contributed by atoms with Crippen molar-refractivity contribution in [1.29, 1.82) is 0 Å². The van der Waals surface area contributed by atoms with Crippen molar-refractivity contribution in [3.63, 3.8) is 0 Å². The summed E-state index contributed by atoms with van der Waals surface area (Å²) in [6.07, 6.45) is 0. The monoisotopic (exact) mass is 467 g/mol. The number of fused-ring (bicyclic) bond motifs is 1. The molecule has 0 atom stereocenters. The van der Waals surface area contributed by atoms with Crippen LogP contribution in [0, 0.1) is 0 Å². The Labute approximate surface area is 193 Å². The van der Waals surface area contributed by atoms with Crippen LogP contribution in [0.25, 0.3) is 0 Å². The first kappa shape index (κ1) is 22.0. The highest BCUT2D eigenvalue weighted by atomic mass is 35.5. The van der Waals surface area contributed by atoms with E-state index < -0.39 is 17.7 Å². The smallest absolute Gasteiger partial charge is 0.269 e. The van der Waals surface area contributed by atoms with Crippen molar-refractivity contribution in [3.05, 3.63) is 82.4 Å². The minimum Gasteiger partial charge on any atom is -0.496 e. The molecule has 3 aromatic rings. The fourth-order valence-electron chi connectivity index (χ4n) is 3.09. The summed E-state index contributed by atoms with van der Waals surface area (Å²) in [4.78, 5) is 37.5. The molecule has 1 aliphatic rings. The Kier molecular flexibility index (Phi) is 6.32. The molecule has 3 N–H and O–H groups in total. The molecule has 33 heavy (non-hydrogen) atoms. The van der Waals surface area contributed by atoms with E-state index in [9.17, 15) is 14.4 Å². The summed E-state index contributed by atoms with van der Waals surface area (Å²) in [6, 6.07) is 15.6. The lowest BCUT2D eigenvalue weighted by Gasteiger charge is -2.11. The van der Waals surface area contributed by atoms with Gasteiger partial charge in [0, 0.05) is 21.8 Å². The number of amides is 3. The highest BCUT2D eigenvalue weighted by Crippen LogP contribution is 2.32. The first-order valence-corrected chi connectivity index (χ1v) is 10.1. The Morgan fingerprint density at radius 2 is 1.58 bits per heavy atom. The van der Waals surface area contributed by atoms with Crippen LogP contribution in [0.5, 0.6) is 17.2 Å². The Balaban J connectivity index is 1.40. The van der Waals surface area contributed by atoms with Crippen molar-refractivity contribution in [1.82, 2.24) is 10.9 Å². The number of methoxy groups -OCH3 is 1. The number of ether oxygens (including phenoxy) is 3. The SMILES string of the molecule is COc1ccc(Cl)cc1C(=O)Nc1cccc(C(=O)NNC(=O)c2ccc3c(c2)OCO3)c1. The summed E-state index contributed by atoms with van der Waals surface area (Å²) < 4.78 is 15.6. The van der Waals surface area contributed by atoms with E-state index in [1.165, 1.54) is 31.4 Å². The molecule has 0 saturated heterocycles. The fourth-order valence-corrected chi connectivity index (χ4v) is 3.26. The number of rotatable bonds is 5. The van der Waals surface area contributed by atoms with E-state index in [2.05, 4.69) is 16.2 Å². The summed E-state index contributed by atoms with van der Waals surface area (Å²) in [6.45, 7) is 0.0914. The summed E-state index contributed by atoms with van der Waals surface area (Å²) in [5.74, 6) is -0.196. The molecule has 9 nitrogen and oxygen atoms in total. The second-order valence-corrected chi connectivity index (χ2v) is 7.29. The lowest BCUT2D eigenvalue weighted by molar-refractivity contribution is 0.0846. The van der Waals surface area contributed by atoms with Crippen molar-refractivity contribution in [2.75, 3.05) is 19.2 Å². The highest BCUT2D eigenvalue weighted by molar-refractivity contribution is 6.31. The minimum absolute atomic E-state index is 0.0914. The van der Waals surface area contributed by atoms with Gasteiger partial charge in [0.1, 0.15) is 5.75 Å². The van der Waals surface area contributed by atoms with Gasteiger partial charge >= 0.3 is 0 Å². The summed E-state index contributed by atoms with van der Waals surface area (Å²) in [5, 5.41) is 3.08. The van der Waals surface area contributed by atoms with Crippen molar-refractivity contribution < 1.29 is 28.6 Å². The molecule has 3 aromatic carbocycles. The fraction of sp³-hybridized carbons (Fsp3) is 0.0870. The number of halogens is 1. The number of hydrogen-bond donors (Lipinski definition) is 3. The van der Waals surface area contributed by atoms with Gasteiger partial charge in [0.25, 0.3) is 17.7 Å². The maximum absolute atomic E-state index is 12.7. The van der Waals surface area contributed by atoms with E-state index in [-0.39, 0.29) is 23.5 Å². The van der Waals surface area contributed by atoms with Gasteiger partial charge in [-0.25, -0.2) is 0 Å². The first-order chi connectivity index (χ1) is 15.9. The van der Waals surface area contributed by atoms with Crippen molar-refractivity contribution in [3.8, 4) is 17.2 Å². The van der Waals surface area contributed by atoms with Crippen LogP contribution in [-0.4, -0.2) is 31.6 Å². The van der Waals surface area contributed by atoms with Gasteiger partial charge in [0.2, 0.25) is 6.79 Å². The van der Waals surface area contributed by atoms with Gasteiger partial charge in [-0.2, -0.15) is 0 Å². The van der Waals surface area contributed by atoms with Gasteiger partial charge in [0.15, 0.2) is 11.5 Å². The van der Waals surface area contributed by atoms with E-state index in [0.29, 0.717) is 28.0 Å². The molecule has 10 heteroatoms. The number of benzene rings is 3. The zero-order valence-electron chi connectivity index (χ0n) is 17.3. The number of anilines is 1. The average molecular weight is 468 g/mol. The van der Waals surface area contributed by atoms with Crippen LogP contribution >= 0.6 is 11.6 Å². The Bertz CT molecular complexity index is 1250. The molecule has 1 heterocycles. The van der Waals surface area contributed by atoms with Crippen LogP contribution < -0.4 is 30.4 Å². The quantitative estimate of drug-likeness (QED) is 0.495. The normalized spacial score (nSPS) is 11.5. The third kappa shape index (κ3) is 4.99. The van der Waals surface area contributed by atoms with Gasteiger partial charge < -0.3 is 19.5 Å². The Morgan fingerprint density at radius 1 is 0.848 bits per heavy atom. The van der Waals surface area contributed by atoms with Crippen LogP contribution in [0.4, 0.5) is 5.69 Å². The summed E-state index contributed by atoms with van der Waals surface area (Å²) in [5.41, 5.74) is 5.81. The number of carbonyl (C=O) groups is 3. The number of hydrogen-bond acceptors (Lipinski definition) is 6. The molecular formula is C23H18ClN3O6. The Morgan fingerprint density at radius 3 is 2.33 bits per heavy atom. The zero-order chi connectivity index (χ0) is 23.4. The molecule has 0 unspecified atom stereocenters.